The van der Waals surface area contributed by atoms with Crippen LogP contribution in [-0.2, 0) is 11.8 Å². The van der Waals surface area contributed by atoms with Crippen LogP contribution in [0.3, 0.4) is 0 Å². The average Bonchev–Trinajstić information content (AvgIpc) is 2.58. The third kappa shape index (κ3) is 2.83. The number of nitrogens with zero attached hydrogens (tertiary/aromatic N) is 2. The molecular formula is C11H17N3O3. The minimum atomic E-state index is -0.930. The van der Waals surface area contributed by atoms with E-state index in [1.165, 1.54) is 6.20 Å². The molecule has 0 saturated heterocycles. The molecule has 0 aliphatic carbocycles. The summed E-state index contributed by atoms with van der Waals surface area (Å²) in [5, 5.41) is 15.4. The maximum atomic E-state index is 11.9. The molecule has 0 spiro atoms. The third-order valence-electron chi connectivity index (χ3n) is 2.98. The van der Waals surface area contributed by atoms with Crippen molar-refractivity contribution in [2.45, 2.75) is 26.8 Å². The van der Waals surface area contributed by atoms with E-state index >= 15 is 0 Å². The average molecular weight is 239 g/mol. The number of carboxylic acid groups (broad SMARTS) is 1. The van der Waals surface area contributed by atoms with Crippen molar-refractivity contribution >= 4 is 11.9 Å². The number of aromatic nitrogens is 2. The first-order valence-corrected chi connectivity index (χ1v) is 5.36. The van der Waals surface area contributed by atoms with Crippen molar-refractivity contribution in [3.63, 3.8) is 0 Å². The number of aliphatic carboxylic acids is 1. The molecule has 0 saturated carbocycles. The number of rotatable bonds is 4. The van der Waals surface area contributed by atoms with Gasteiger partial charge in [0.1, 0.15) is 0 Å². The van der Waals surface area contributed by atoms with Gasteiger partial charge in [-0.3, -0.25) is 14.3 Å². The fourth-order valence-electron chi connectivity index (χ4n) is 1.35. The lowest BCUT2D eigenvalue weighted by Crippen LogP contribution is -2.40. The molecule has 0 radical (unpaired) electrons. The zero-order valence-corrected chi connectivity index (χ0v) is 10.4. The van der Waals surface area contributed by atoms with Crippen LogP contribution in [0.4, 0.5) is 0 Å². The van der Waals surface area contributed by atoms with E-state index in [0.717, 1.165) is 5.69 Å². The Morgan fingerprint density at radius 3 is 2.47 bits per heavy atom. The molecule has 0 fully saturated rings. The van der Waals surface area contributed by atoms with Gasteiger partial charge in [0.05, 0.1) is 17.7 Å². The molecule has 17 heavy (non-hydrogen) atoms. The second-order valence-corrected chi connectivity index (χ2v) is 4.16. The second kappa shape index (κ2) is 4.99. The predicted molar refractivity (Wildman–Crippen MR) is 61.7 cm³/mol. The predicted octanol–water partition coefficient (Wildman–Crippen LogP) is 0.568. The first-order valence-electron chi connectivity index (χ1n) is 5.36. The molecule has 0 aromatic carbocycles. The molecule has 0 bridgehead atoms. The lowest BCUT2D eigenvalue weighted by Gasteiger charge is -2.17. The summed E-state index contributed by atoms with van der Waals surface area (Å²) in [6.07, 6.45) is 1.48. The Kier molecular flexibility index (Phi) is 3.88. The molecule has 6 nitrogen and oxygen atoms in total. The fourth-order valence-corrected chi connectivity index (χ4v) is 1.35. The van der Waals surface area contributed by atoms with Crippen LogP contribution in [0.25, 0.3) is 0 Å². The summed E-state index contributed by atoms with van der Waals surface area (Å²) in [7, 11) is 1.75. The van der Waals surface area contributed by atoms with Gasteiger partial charge in [0.2, 0.25) is 0 Å². The molecule has 94 valence electrons. The number of carboxylic acids is 1. The monoisotopic (exact) mass is 239 g/mol. The van der Waals surface area contributed by atoms with Crippen LogP contribution in [0.2, 0.25) is 0 Å². The van der Waals surface area contributed by atoms with Crippen molar-refractivity contribution in [1.82, 2.24) is 15.1 Å². The Hall–Kier alpha value is -1.85. The normalized spacial score (nSPS) is 14.1. The van der Waals surface area contributed by atoms with Crippen LogP contribution < -0.4 is 5.32 Å². The first kappa shape index (κ1) is 13.2. The topological polar surface area (TPSA) is 84.2 Å². The SMILES string of the molecule is Cc1c(C(=O)NC(C)C(C)C(=O)O)cnn1C. The van der Waals surface area contributed by atoms with Gasteiger partial charge in [-0.15, -0.1) is 0 Å². The molecule has 0 aliphatic heterocycles. The van der Waals surface area contributed by atoms with Crippen LogP contribution in [-0.4, -0.2) is 32.8 Å². The molecule has 1 heterocycles. The van der Waals surface area contributed by atoms with Gasteiger partial charge in [0.25, 0.3) is 5.91 Å². The number of nitrogens with one attached hydrogen (secondary N) is 1. The summed E-state index contributed by atoms with van der Waals surface area (Å²) in [6, 6.07) is -0.431. The Balaban J connectivity index is 2.73. The van der Waals surface area contributed by atoms with Gasteiger partial charge < -0.3 is 10.4 Å². The van der Waals surface area contributed by atoms with Gasteiger partial charge in [-0.05, 0) is 20.8 Å². The molecule has 1 rings (SSSR count). The smallest absolute Gasteiger partial charge is 0.308 e. The number of carbonyl (C=O) groups excluding carboxylic acids is 1. The van der Waals surface area contributed by atoms with Crippen molar-refractivity contribution in [2.24, 2.45) is 13.0 Å². The quantitative estimate of drug-likeness (QED) is 0.804. The van der Waals surface area contributed by atoms with Crippen molar-refractivity contribution in [3.05, 3.63) is 17.5 Å². The fraction of sp³-hybridized carbons (Fsp3) is 0.545. The van der Waals surface area contributed by atoms with Crippen molar-refractivity contribution in [2.75, 3.05) is 0 Å². The molecule has 1 aromatic rings. The second-order valence-electron chi connectivity index (χ2n) is 4.16. The van der Waals surface area contributed by atoms with Crippen LogP contribution in [0.1, 0.15) is 29.9 Å². The number of hydrogen-bond donors (Lipinski definition) is 2. The highest BCUT2D eigenvalue weighted by Gasteiger charge is 2.22. The Morgan fingerprint density at radius 2 is 2.06 bits per heavy atom. The van der Waals surface area contributed by atoms with E-state index < -0.39 is 17.9 Å². The third-order valence-corrected chi connectivity index (χ3v) is 2.98. The highest BCUT2D eigenvalue weighted by molar-refractivity contribution is 5.95. The molecule has 2 unspecified atom stereocenters. The lowest BCUT2D eigenvalue weighted by molar-refractivity contribution is -0.141. The molecule has 1 aromatic heterocycles. The van der Waals surface area contributed by atoms with Gasteiger partial charge in [-0.25, -0.2) is 0 Å². The van der Waals surface area contributed by atoms with Crippen molar-refractivity contribution in [1.29, 1.82) is 0 Å². The van der Waals surface area contributed by atoms with Crippen LogP contribution in [0.5, 0.6) is 0 Å². The molecule has 2 atom stereocenters. The molecule has 1 amide bonds. The molecule has 2 N–H and O–H groups in total. The zero-order valence-electron chi connectivity index (χ0n) is 10.4. The van der Waals surface area contributed by atoms with Gasteiger partial charge in [-0.1, -0.05) is 0 Å². The summed E-state index contributed by atoms with van der Waals surface area (Å²) in [6.45, 7) is 5.01. The summed E-state index contributed by atoms with van der Waals surface area (Å²) >= 11 is 0. The number of aryl methyl sites for hydroxylation is 1. The van der Waals surface area contributed by atoms with E-state index in [2.05, 4.69) is 10.4 Å². The van der Waals surface area contributed by atoms with Crippen molar-refractivity contribution < 1.29 is 14.7 Å². The largest absolute Gasteiger partial charge is 0.481 e. The summed E-state index contributed by atoms with van der Waals surface area (Å²) in [5.74, 6) is -1.85. The minimum absolute atomic E-state index is 0.295. The van der Waals surface area contributed by atoms with Crippen molar-refractivity contribution in [3.8, 4) is 0 Å². The van der Waals surface area contributed by atoms with Gasteiger partial charge >= 0.3 is 5.97 Å². The highest BCUT2D eigenvalue weighted by Crippen LogP contribution is 2.08. The van der Waals surface area contributed by atoms with Crippen LogP contribution in [0, 0.1) is 12.8 Å². The Bertz CT molecular complexity index is 439. The van der Waals surface area contributed by atoms with E-state index in [1.807, 2.05) is 0 Å². The summed E-state index contributed by atoms with van der Waals surface area (Å²) in [5.41, 5.74) is 1.22. The Labute approximate surface area is 99.6 Å². The van der Waals surface area contributed by atoms with Crippen LogP contribution >= 0.6 is 0 Å². The van der Waals surface area contributed by atoms with Crippen LogP contribution in [0.15, 0.2) is 6.20 Å². The summed E-state index contributed by atoms with van der Waals surface area (Å²) in [4.78, 5) is 22.6. The van der Waals surface area contributed by atoms with E-state index in [9.17, 15) is 9.59 Å². The Morgan fingerprint density at radius 1 is 1.47 bits per heavy atom. The van der Waals surface area contributed by atoms with E-state index in [-0.39, 0.29) is 5.91 Å². The zero-order chi connectivity index (χ0) is 13.2. The molecular weight excluding hydrogens is 222 g/mol. The maximum absolute atomic E-state index is 11.9. The van der Waals surface area contributed by atoms with E-state index in [4.69, 9.17) is 5.11 Å². The molecule has 0 aliphatic rings. The van der Waals surface area contributed by atoms with E-state index in [0.29, 0.717) is 5.56 Å². The standard InChI is InChI=1S/C11H17N3O3/c1-6(11(16)17)7(2)13-10(15)9-5-12-14(4)8(9)3/h5-7H,1-4H3,(H,13,15)(H,16,17). The molecule has 6 heteroatoms. The summed E-state index contributed by atoms with van der Waals surface area (Å²) < 4.78 is 1.60. The minimum Gasteiger partial charge on any atom is -0.481 e. The van der Waals surface area contributed by atoms with Gasteiger partial charge in [-0.2, -0.15) is 5.10 Å². The number of hydrogen-bond acceptors (Lipinski definition) is 3. The first-order chi connectivity index (χ1) is 7.84. The maximum Gasteiger partial charge on any atom is 0.308 e. The van der Waals surface area contributed by atoms with Gasteiger partial charge in [0.15, 0.2) is 0 Å². The number of amides is 1. The highest BCUT2D eigenvalue weighted by atomic mass is 16.4. The van der Waals surface area contributed by atoms with E-state index in [1.54, 1.807) is 32.5 Å². The number of carbonyl (C=O) groups is 2. The lowest BCUT2D eigenvalue weighted by atomic mass is 10.0. The van der Waals surface area contributed by atoms with Gasteiger partial charge in [0, 0.05) is 18.8 Å².